The molecule has 94 valence electrons. The number of pyridine rings is 1. The van der Waals surface area contributed by atoms with Gasteiger partial charge in [0.05, 0.1) is 5.52 Å². The molecule has 2 heterocycles. The summed E-state index contributed by atoms with van der Waals surface area (Å²) >= 11 is 0. The van der Waals surface area contributed by atoms with Crippen molar-refractivity contribution in [3.8, 4) is 5.75 Å². The van der Waals surface area contributed by atoms with E-state index in [1.807, 2.05) is 6.07 Å². The first-order chi connectivity index (χ1) is 8.83. The zero-order valence-corrected chi connectivity index (χ0v) is 10.0. The highest BCUT2D eigenvalue weighted by molar-refractivity contribution is 5.84. The van der Waals surface area contributed by atoms with Gasteiger partial charge in [0, 0.05) is 17.6 Å². The quantitative estimate of drug-likeness (QED) is 0.884. The Kier molecular flexibility index (Phi) is 3.11. The van der Waals surface area contributed by atoms with Crippen molar-refractivity contribution in [1.82, 2.24) is 10.3 Å². The molecule has 1 aliphatic heterocycles. The minimum Gasteiger partial charge on any atom is -0.490 e. The van der Waals surface area contributed by atoms with Gasteiger partial charge in [-0.3, -0.25) is 4.98 Å². The maximum Gasteiger partial charge on any atom is 0.130 e. The summed E-state index contributed by atoms with van der Waals surface area (Å²) in [7, 11) is 0. The third kappa shape index (κ3) is 2.29. The molecule has 2 aromatic rings. The second-order valence-corrected chi connectivity index (χ2v) is 4.54. The second-order valence-electron chi connectivity index (χ2n) is 4.54. The molecule has 0 amide bonds. The van der Waals surface area contributed by atoms with Crippen LogP contribution in [-0.4, -0.2) is 24.2 Å². The minimum absolute atomic E-state index is 0.238. The molecule has 0 atom stereocenters. The van der Waals surface area contributed by atoms with Crippen LogP contribution in [0.25, 0.3) is 10.9 Å². The monoisotopic (exact) mass is 246 g/mol. The molecule has 0 spiro atoms. The average Bonchev–Trinajstić information content (AvgIpc) is 2.40. The largest absolute Gasteiger partial charge is 0.490 e. The molecule has 0 unspecified atom stereocenters. The number of piperidine rings is 1. The van der Waals surface area contributed by atoms with Gasteiger partial charge in [-0.2, -0.15) is 0 Å². The average molecular weight is 246 g/mol. The highest BCUT2D eigenvalue weighted by Crippen LogP contribution is 2.26. The molecule has 3 rings (SSSR count). The fraction of sp³-hybridized carbons (Fsp3) is 0.357. The Morgan fingerprint density at radius 3 is 2.89 bits per heavy atom. The van der Waals surface area contributed by atoms with E-state index in [-0.39, 0.29) is 11.9 Å². The maximum absolute atomic E-state index is 13.1. The van der Waals surface area contributed by atoms with Crippen LogP contribution in [0.5, 0.6) is 5.75 Å². The van der Waals surface area contributed by atoms with E-state index in [1.165, 1.54) is 12.1 Å². The Bertz CT molecular complexity index is 552. The Morgan fingerprint density at radius 1 is 1.22 bits per heavy atom. The number of fused-ring (bicyclic) bond motifs is 1. The molecule has 4 heteroatoms. The Hall–Kier alpha value is -1.68. The summed E-state index contributed by atoms with van der Waals surface area (Å²) in [6.45, 7) is 1.98. The fourth-order valence-corrected chi connectivity index (χ4v) is 2.29. The van der Waals surface area contributed by atoms with Crippen LogP contribution in [0.1, 0.15) is 12.8 Å². The standard InChI is InChI=1S/C14H15FN2O/c15-10-1-2-12-13(9-10)17-8-5-14(12)18-11-3-6-16-7-4-11/h1-2,5,8-9,11,16H,3-4,6-7H2. The Morgan fingerprint density at radius 2 is 2.06 bits per heavy atom. The van der Waals surface area contributed by atoms with E-state index in [4.69, 9.17) is 4.74 Å². The summed E-state index contributed by atoms with van der Waals surface area (Å²) in [6, 6.07) is 6.46. The molecule has 18 heavy (non-hydrogen) atoms. The van der Waals surface area contributed by atoms with E-state index in [9.17, 15) is 4.39 Å². The fourth-order valence-electron chi connectivity index (χ4n) is 2.29. The van der Waals surface area contributed by atoms with E-state index in [2.05, 4.69) is 10.3 Å². The highest BCUT2D eigenvalue weighted by Gasteiger charge is 2.15. The molecule has 1 aliphatic rings. The number of hydrogen-bond acceptors (Lipinski definition) is 3. The van der Waals surface area contributed by atoms with Crippen molar-refractivity contribution < 1.29 is 9.13 Å². The van der Waals surface area contributed by atoms with Gasteiger partial charge in [0.25, 0.3) is 0 Å². The first kappa shape index (κ1) is 11.4. The van der Waals surface area contributed by atoms with Crippen LogP contribution in [-0.2, 0) is 0 Å². The Balaban J connectivity index is 1.91. The van der Waals surface area contributed by atoms with E-state index < -0.39 is 0 Å². The number of halogens is 1. The van der Waals surface area contributed by atoms with Crippen LogP contribution < -0.4 is 10.1 Å². The highest BCUT2D eigenvalue weighted by atomic mass is 19.1. The van der Waals surface area contributed by atoms with E-state index in [0.29, 0.717) is 5.52 Å². The van der Waals surface area contributed by atoms with Crippen LogP contribution >= 0.6 is 0 Å². The lowest BCUT2D eigenvalue weighted by atomic mass is 10.1. The topological polar surface area (TPSA) is 34.1 Å². The smallest absolute Gasteiger partial charge is 0.130 e. The molecule has 3 nitrogen and oxygen atoms in total. The SMILES string of the molecule is Fc1ccc2c(OC3CCNCC3)ccnc2c1. The first-order valence-electron chi connectivity index (χ1n) is 6.24. The normalized spacial score (nSPS) is 16.9. The third-order valence-electron chi connectivity index (χ3n) is 3.24. The van der Waals surface area contributed by atoms with Crippen molar-refractivity contribution in [1.29, 1.82) is 0 Å². The van der Waals surface area contributed by atoms with Crippen molar-refractivity contribution in [2.24, 2.45) is 0 Å². The van der Waals surface area contributed by atoms with Gasteiger partial charge in [0.2, 0.25) is 0 Å². The summed E-state index contributed by atoms with van der Waals surface area (Å²) in [5.74, 6) is 0.529. The summed E-state index contributed by atoms with van der Waals surface area (Å²) in [5.41, 5.74) is 0.640. The number of ether oxygens (including phenoxy) is 1. The lowest BCUT2D eigenvalue weighted by molar-refractivity contribution is 0.164. The van der Waals surface area contributed by atoms with Crippen molar-refractivity contribution in [3.05, 3.63) is 36.3 Å². The van der Waals surface area contributed by atoms with Gasteiger partial charge in [-0.05, 0) is 44.1 Å². The van der Waals surface area contributed by atoms with Crippen molar-refractivity contribution in [2.45, 2.75) is 18.9 Å². The zero-order chi connectivity index (χ0) is 12.4. The summed E-state index contributed by atoms with van der Waals surface area (Å²) in [4.78, 5) is 4.16. The van der Waals surface area contributed by atoms with Gasteiger partial charge < -0.3 is 10.1 Å². The number of nitrogens with one attached hydrogen (secondary N) is 1. The van der Waals surface area contributed by atoms with Crippen LogP contribution in [0, 0.1) is 5.82 Å². The molecule has 0 radical (unpaired) electrons. The predicted molar refractivity (Wildman–Crippen MR) is 68.2 cm³/mol. The number of hydrogen-bond donors (Lipinski definition) is 1. The van der Waals surface area contributed by atoms with Gasteiger partial charge >= 0.3 is 0 Å². The molecule has 1 N–H and O–H groups in total. The second kappa shape index (κ2) is 4.90. The van der Waals surface area contributed by atoms with Gasteiger partial charge in [-0.15, -0.1) is 0 Å². The first-order valence-corrected chi connectivity index (χ1v) is 6.24. The van der Waals surface area contributed by atoms with Crippen LogP contribution in [0.2, 0.25) is 0 Å². The van der Waals surface area contributed by atoms with Crippen molar-refractivity contribution in [2.75, 3.05) is 13.1 Å². The number of aromatic nitrogens is 1. The molecular formula is C14H15FN2O. The minimum atomic E-state index is -0.269. The van der Waals surface area contributed by atoms with Gasteiger partial charge in [-0.1, -0.05) is 0 Å². The predicted octanol–water partition coefficient (Wildman–Crippen LogP) is 2.50. The summed E-state index contributed by atoms with van der Waals surface area (Å²) in [6.07, 6.45) is 3.91. The molecule has 1 aromatic heterocycles. The molecular weight excluding hydrogens is 231 g/mol. The molecule has 1 saturated heterocycles. The molecule has 0 bridgehead atoms. The van der Waals surface area contributed by atoms with Crippen LogP contribution in [0.15, 0.2) is 30.5 Å². The summed E-state index contributed by atoms with van der Waals surface area (Å²) in [5, 5.41) is 4.18. The van der Waals surface area contributed by atoms with E-state index in [1.54, 1.807) is 12.3 Å². The number of nitrogens with zero attached hydrogens (tertiary/aromatic N) is 1. The summed E-state index contributed by atoms with van der Waals surface area (Å²) < 4.78 is 19.1. The number of rotatable bonds is 2. The third-order valence-corrected chi connectivity index (χ3v) is 3.24. The van der Waals surface area contributed by atoms with Gasteiger partial charge in [-0.25, -0.2) is 4.39 Å². The van der Waals surface area contributed by atoms with Crippen LogP contribution in [0.4, 0.5) is 4.39 Å². The zero-order valence-electron chi connectivity index (χ0n) is 10.0. The van der Waals surface area contributed by atoms with Gasteiger partial charge in [0.1, 0.15) is 17.7 Å². The Labute approximate surface area is 105 Å². The lowest BCUT2D eigenvalue weighted by Gasteiger charge is -2.24. The molecule has 1 aromatic carbocycles. The van der Waals surface area contributed by atoms with E-state index >= 15 is 0 Å². The van der Waals surface area contributed by atoms with Crippen LogP contribution in [0.3, 0.4) is 0 Å². The van der Waals surface area contributed by atoms with Crippen molar-refractivity contribution >= 4 is 10.9 Å². The molecule has 0 saturated carbocycles. The lowest BCUT2D eigenvalue weighted by Crippen LogP contribution is -2.34. The van der Waals surface area contributed by atoms with Gasteiger partial charge in [0.15, 0.2) is 0 Å². The van der Waals surface area contributed by atoms with E-state index in [0.717, 1.165) is 37.1 Å². The van der Waals surface area contributed by atoms with Crippen molar-refractivity contribution in [3.63, 3.8) is 0 Å². The molecule has 0 aliphatic carbocycles. The maximum atomic E-state index is 13.1. The number of benzene rings is 1. The molecule has 1 fully saturated rings.